The molecule has 0 spiro atoms. The van der Waals surface area contributed by atoms with Crippen molar-refractivity contribution in [3.8, 4) is 11.3 Å². The Bertz CT molecular complexity index is 748. The molecule has 0 radical (unpaired) electrons. The number of carbonyl (C=O) groups is 1. The van der Waals surface area contributed by atoms with E-state index in [0.717, 1.165) is 0 Å². The number of hydrogen-bond acceptors (Lipinski definition) is 5. The summed E-state index contributed by atoms with van der Waals surface area (Å²) in [6, 6.07) is 7.46. The summed E-state index contributed by atoms with van der Waals surface area (Å²) in [6.07, 6.45) is 1.28. The first-order chi connectivity index (χ1) is 9.88. The molecule has 2 aromatic rings. The summed E-state index contributed by atoms with van der Waals surface area (Å²) in [5.74, 6) is -0.724. The van der Waals surface area contributed by atoms with Crippen LogP contribution >= 0.6 is 11.6 Å². The molecule has 0 amide bonds. The zero-order chi connectivity index (χ0) is 15.6. The second-order valence-electron chi connectivity index (χ2n) is 4.23. The van der Waals surface area contributed by atoms with Crippen molar-refractivity contribution in [1.82, 2.24) is 0 Å². The molecule has 2 rings (SSSR count). The summed E-state index contributed by atoms with van der Waals surface area (Å²) >= 11 is 5.75. The molecule has 0 aliphatic rings. The molecule has 1 heterocycles. The van der Waals surface area contributed by atoms with Crippen LogP contribution in [0.1, 0.15) is 23.0 Å². The first-order valence-electron chi connectivity index (χ1n) is 5.82. The van der Waals surface area contributed by atoms with E-state index >= 15 is 0 Å². The number of aromatic carboxylic acids is 1. The SMILES string of the molecule is C/C(=C/c1ccc(-c2ccc(Cl)c(C(=O)[O-])c2)o1)[N+](=O)[O-]. The number of furan rings is 1. The van der Waals surface area contributed by atoms with Gasteiger partial charge < -0.3 is 14.3 Å². The second kappa shape index (κ2) is 5.80. The molecule has 0 N–H and O–H groups in total. The van der Waals surface area contributed by atoms with Crippen molar-refractivity contribution < 1.29 is 19.2 Å². The van der Waals surface area contributed by atoms with Crippen LogP contribution in [0.25, 0.3) is 17.4 Å². The lowest BCUT2D eigenvalue weighted by atomic mass is 10.1. The normalized spacial score (nSPS) is 11.4. The number of hydrogen-bond donors (Lipinski definition) is 0. The molecule has 0 aliphatic heterocycles. The topological polar surface area (TPSA) is 96.4 Å². The summed E-state index contributed by atoms with van der Waals surface area (Å²) in [5.41, 5.74) is 0.267. The van der Waals surface area contributed by atoms with Crippen LogP contribution in [0.5, 0.6) is 0 Å². The largest absolute Gasteiger partial charge is 0.545 e. The number of carboxylic acids is 1. The summed E-state index contributed by atoms with van der Waals surface area (Å²) < 4.78 is 5.43. The number of nitrogens with zero attached hydrogens (tertiary/aromatic N) is 1. The van der Waals surface area contributed by atoms with Crippen molar-refractivity contribution in [2.75, 3.05) is 0 Å². The van der Waals surface area contributed by atoms with E-state index in [0.29, 0.717) is 17.1 Å². The zero-order valence-electron chi connectivity index (χ0n) is 10.8. The summed E-state index contributed by atoms with van der Waals surface area (Å²) in [5, 5.41) is 21.5. The van der Waals surface area contributed by atoms with Crippen LogP contribution in [-0.4, -0.2) is 10.9 Å². The van der Waals surface area contributed by atoms with Gasteiger partial charge >= 0.3 is 0 Å². The lowest BCUT2D eigenvalue weighted by Gasteiger charge is -2.06. The van der Waals surface area contributed by atoms with E-state index in [1.54, 1.807) is 18.2 Å². The van der Waals surface area contributed by atoms with Gasteiger partial charge in [0.1, 0.15) is 11.5 Å². The molecule has 7 heteroatoms. The van der Waals surface area contributed by atoms with Gasteiger partial charge in [-0.1, -0.05) is 11.6 Å². The summed E-state index contributed by atoms with van der Waals surface area (Å²) in [4.78, 5) is 20.9. The minimum Gasteiger partial charge on any atom is -0.545 e. The molecule has 1 aromatic heterocycles. The minimum absolute atomic E-state index is 0.0645. The Morgan fingerprint density at radius 1 is 1.33 bits per heavy atom. The molecule has 0 saturated heterocycles. The molecule has 21 heavy (non-hydrogen) atoms. The average molecular weight is 307 g/mol. The van der Waals surface area contributed by atoms with E-state index < -0.39 is 10.9 Å². The van der Waals surface area contributed by atoms with Crippen LogP contribution in [-0.2, 0) is 0 Å². The van der Waals surface area contributed by atoms with E-state index in [-0.39, 0.29) is 16.3 Å². The molecular formula is C14H9ClNO5-. The number of halogens is 1. The number of nitro groups is 1. The number of benzene rings is 1. The maximum atomic E-state index is 10.9. The van der Waals surface area contributed by atoms with Crippen molar-refractivity contribution in [3.05, 3.63) is 62.5 Å². The van der Waals surface area contributed by atoms with Gasteiger partial charge in [0, 0.05) is 23.1 Å². The first-order valence-corrected chi connectivity index (χ1v) is 6.20. The van der Waals surface area contributed by atoms with E-state index in [2.05, 4.69) is 0 Å². The van der Waals surface area contributed by atoms with Crippen LogP contribution in [0, 0.1) is 10.1 Å². The van der Waals surface area contributed by atoms with Crippen molar-refractivity contribution in [2.24, 2.45) is 0 Å². The van der Waals surface area contributed by atoms with Gasteiger partial charge in [0.15, 0.2) is 0 Å². The van der Waals surface area contributed by atoms with Crippen LogP contribution in [0.4, 0.5) is 0 Å². The molecule has 0 fully saturated rings. The van der Waals surface area contributed by atoms with Crippen molar-refractivity contribution in [1.29, 1.82) is 0 Å². The van der Waals surface area contributed by atoms with Crippen LogP contribution < -0.4 is 5.11 Å². The van der Waals surface area contributed by atoms with E-state index in [1.165, 1.54) is 25.1 Å². The molecule has 0 atom stereocenters. The number of carboxylic acid groups (broad SMARTS) is 1. The van der Waals surface area contributed by atoms with Crippen molar-refractivity contribution in [2.45, 2.75) is 6.92 Å². The van der Waals surface area contributed by atoms with E-state index in [4.69, 9.17) is 16.0 Å². The third-order valence-electron chi connectivity index (χ3n) is 2.74. The Morgan fingerprint density at radius 2 is 2.05 bits per heavy atom. The molecule has 0 saturated carbocycles. The summed E-state index contributed by atoms with van der Waals surface area (Å²) in [6.45, 7) is 1.35. The van der Waals surface area contributed by atoms with Crippen LogP contribution in [0.15, 0.2) is 40.4 Å². The average Bonchev–Trinajstić information content (AvgIpc) is 2.87. The smallest absolute Gasteiger partial charge is 0.246 e. The molecule has 108 valence electrons. The summed E-state index contributed by atoms with van der Waals surface area (Å²) in [7, 11) is 0. The Labute approximate surface area is 124 Å². The number of allylic oxidation sites excluding steroid dienone is 1. The van der Waals surface area contributed by atoms with E-state index in [9.17, 15) is 20.0 Å². The van der Waals surface area contributed by atoms with Crippen molar-refractivity contribution in [3.63, 3.8) is 0 Å². The third kappa shape index (κ3) is 3.29. The minimum atomic E-state index is -1.39. The van der Waals surface area contributed by atoms with Crippen molar-refractivity contribution >= 4 is 23.6 Å². The first kappa shape index (κ1) is 14.8. The number of rotatable bonds is 4. The Morgan fingerprint density at radius 3 is 2.67 bits per heavy atom. The highest BCUT2D eigenvalue weighted by Crippen LogP contribution is 2.27. The molecule has 6 nitrogen and oxygen atoms in total. The monoisotopic (exact) mass is 306 g/mol. The van der Waals surface area contributed by atoms with Gasteiger partial charge in [-0.05, 0) is 30.3 Å². The van der Waals surface area contributed by atoms with Gasteiger partial charge in [-0.2, -0.15) is 0 Å². The van der Waals surface area contributed by atoms with Gasteiger partial charge in [-0.15, -0.1) is 0 Å². The third-order valence-corrected chi connectivity index (χ3v) is 3.07. The molecular weight excluding hydrogens is 298 g/mol. The molecule has 0 unspecified atom stereocenters. The quantitative estimate of drug-likeness (QED) is 0.639. The fourth-order valence-corrected chi connectivity index (χ4v) is 1.87. The highest BCUT2D eigenvalue weighted by atomic mass is 35.5. The van der Waals surface area contributed by atoms with E-state index in [1.807, 2.05) is 0 Å². The van der Waals surface area contributed by atoms with Crippen LogP contribution in [0.2, 0.25) is 5.02 Å². The van der Waals surface area contributed by atoms with Gasteiger partial charge in [0.2, 0.25) is 5.70 Å². The fourth-order valence-electron chi connectivity index (χ4n) is 1.68. The Balaban J connectivity index is 2.38. The van der Waals surface area contributed by atoms with Crippen LogP contribution in [0.3, 0.4) is 0 Å². The predicted molar refractivity (Wildman–Crippen MR) is 74.1 cm³/mol. The Kier molecular flexibility index (Phi) is 4.09. The fraction of sp³-hybridized carbons (Fsp3) is 0.0714. The van der Waals surface area contributed by atoms with Gasteiger partial charge in [-0.3, -0.25) is 10.1 Å². The number of carbonyl (C=O) groups excluding carboxylic acids is 1. The van der Waals surface area contributed by atoms with Gasteiger partial charge in [0.25, 0.3) is 0 Å². The lowest BCUT2D eigenvalue weighted by molar-refractivity contribution is -0.422. The second-order valence-corrected chi connectivity index (χ2v) is 4.63. The molecule has 0 aliphatic carbocycles. The Hall–Kier alpha value is -2.60. The standard InChI is InChI=1S/C14H10ClNO5/c1-8(16(19)20)6-10-3-5-13(21-10)9-2-4-12(15)11(7-9)14(17)18/h2-7H,1H3,(H,17,18)/p-1/b8-6-. The molecule has 0 bridgehead atoms. The predicted octanol–water partition coefficient (Wildman–Crippen LogP) is 2.60. The van der Waals surface area contributed by atoms with Gasteiger partial charge in [0.05, 0.1) is 17.0 Å². The molecule has 1 aromatic carbocycles. The zero-order valence-corrected chi connectivity index (χ0v) is 11.6. The maximum absolute atomic E-state index is 10.9. The maximum Gasteiger partial charge on any atom is 0.246 e. The highest BCUT2D eigenvalue weighted by Gasteiger charge is 2.10. The highest BCUT2D eigenvalue weighted by molar-refractivity contribution is 6.33. The lowest BCUT2D eigenvalue weighted by Crippen LogP contribution is -2.22. The van der Waals surface area contributed by atoms with Gasteiger partial charge in [-0.25, -0.2) is 0 Å².